The summed E-state index contributed by atoms with van der Waals surface area (Å²) in [5.74, 6) is 1.68. The van der Waals surface area contributed by atoms with Crippen molar-refractivity contribution in [1.29, 1.82) is 0 Å². The van der Waals surface area contributed by atoms with Crippen molar-refractivity contribution in [2.45, 2.75) is 51.6 Å². The molecule has 4 nitrogen and oxygen atoms in total. The maximum absolute atomic E-state index is 12.5. The molecule has 0 N–H and O–H groups in total. The average Bonchev–Trinajstić information content (AvgIpc) is 2.73. The van der Waals surface area contributed by atoms with Gasteiger partial charge >= 0.3 is 5.97 Å². The molecule has 1 aliphatic rings. The van der Waals surface area contributed by atoms with Gasteiger partial charge in [0.2, 0.25) is 0 Å². The summed E-state index contributed by atoms with van der Waals surface area (Å²) in [5, 5.41) is 0. The molecule has 0 amide bonds. The quantitative estimate of drug-likeness (QED) is 0.508. The van der Waals surface area contributed by atoms with Crippen LogP contribution in [0.15, 0.2) is 54.1 Å². The number of nitrogens with zero attached hydrogens (tertiary/aromatic N) is 1. The predicted octanol–water partition coefficient (Wildman–Crippen LogP) is 6.18. The Labute approximate surface area is 193 Å². The smallest absolute Gasteiger partial charge is 0.338 e. The number of allylic oxidation sites excluding steroid dienone is 1. The molecular formula is C28H37NO3. The standard InChI is InChI=1S/C28H37NO3/c1-28(2,3)32-27(30)23-11-7-9-20(16-23)15-21-13-14-24(19-29(4)5)26(17-21)22-10-8-12-25(18-22)31-6/h7-12,15-16,18,24,26H,13-14,17,19H2,1-6H3/b21-15+/t24-,26-/m0/s1. The Morgan fingerprint density at radius 2 is 1.88 bits per heavy atom. The van der Waals surface area contributed by atoms with Crippen molar-refractivity contribution < 1.29 is 14.3 Å². The van der Waals surface area contributed by atoms with Gasteiger partial charge in [-0.2, -0.15) is 0 Å². The van der Waals surface area contributed by atoms with E-state index in [0.717, 1.165) is 37.1 Å². The molecule has 0 heterocycles. The molecule has 1 saturated carbocycles. The van der Waals surface area contributed by atoms with E-state index < -0.39 is 5.60 Å². The van der Waals surface area contributed by atoms with Gasteiger partial charge in [0.05, 0.1) is 12.7 Å². The molecule has 2 aromatic carbocycles. The fraction of sp³-hybridized carbons (Fsp3) is 0.464. The molecule has 1 aliphatic carbocycles. The molecule has 172 valence electrons. The monoisotopic (exact) mass is 435 g/mol. The Morgan fingerprint density at radius 1 is 1.12 bits per heavy atom. The van der Waals surface area contributed by atoms with E-state index in [1.54, 1.807) is 7.11 Å². The van der Waals surface area contributed by atoms with Crippen LogP contribution in [0.5, 0.6) is 5.75 Å². The highest BCUT2D eigenvalue weighted by molar-refractivity contribution is 5.90. The number of carbonyl (C=O) groups is 1. The number of methoxy groups -OCH3 is 1. The normalized spacial score (nSPS) is 20.4. The highest BCUT2D eigenvalue weighted by atomic mass is 16.6. The van der Waals surface area contributed by atoms with Crippen molar-refractivity contribution >= 4 is 12.0 Å². The Hall–Kier alpha value is -2.59. The molecule has 0 unspecified atom stereocenters. The molecule has 32 heavy (non-hydrogen) atoms. The third kappa shape index (κ3) is 6.70. The number of carbonyl (C=O) groups excluding carboxylic acids is 1. The predicted molar refractivity (Wildman–Crippen MR) is 131 cm³/mol. The van der Waals surface area contributed by atoms with Crippen LogP contribution >= 0.6 is 0 Å². The van der Waals surface area contributed by atoms with Crippen LogP contribution in [0.2, 0.25) is 0 Å². The summed E-state index contributed by atoms with van der Waals surface area (Å²) in [5.41, 5.74) is 3.91. The summed E-state index contributed by atoms with van der Waals surface area (Å²) in [4.78, 5) is 14.8. The van der Waals surface area contributed by atoms with Crippen molar-refractivity contribution in [3.63, 3.8) is 0 Å². The molecule has 0 saturated heterocycles. The minimum absolute atomic E-state index is 0.276. The average molecular weight is 436 g/mol. The van der Waals surface area contributed by atoms with Gasteiger partial charge in [0.25, 0.3) is 0 Å². The van der Waals surface area contributed by atoms with Crippen LogP contribution in [0.3, 0.4) is 0 Å². The number of hydrogen-bond acceptors (Lipinski definition) is 4. The second-order valence-corrected chi connectivity index (χ2v) is 10.1. The van der Waals surface area contributed by atoms with E-state index in [9.17, 15) is 4.79 Å². The minimum Gasteiger partial charge on any atom is -0.497 e. The third-order valence-electron chi connectivity index (χ3n) is 5.90. The first-order valence-corrected chi connectivity index (χ1v) is 11.5. The molecule has 0 aromatic heterocycles. The SMILES string of the molecule is COc1cccc([C@@H]2C/C(=C/c3cccc(C(=O)OC(C)(C)C)c3)CC[C@H]2CN(C)C)c1. The lowest BCUT2D eigenvalue weighted by molar-refractivity contribution is 0.00695. The highest BCUT2D eigenvalue weighted by Crippen LogP contribution is 2.42. The second kappa shape index (κ2) is 10.4. The lowest BCUT2D eigenvalue weighted by Gasteiger charge is -2.35. The topological polar surface area (TPSA) is 38.8 Å². The summed E-state index contributed by atoms with van der Waals surface area (Å²) in [6.07, 6.45) is 5.50. The molecule has 4 heteroatoms. The first-order valence-electron chi connectivity index (χ1n) is 11.5. The van der Waals surface area contributed by atoms with Gasteiger partial charge in [0, 0.05) is 6.54 Å². The number of rotatable bonds is 6. The zero-order valence-electron chi connectivity index (χ0n) is 20.4. The molecule has 0 bridgehead atoms. The molecule has 2 aromatic rings. The van der Waals surface area contributed by atoms with E-state index >= 15 is 0 Å². The van der Waals surface area contributed by atoms with Crippen LogP contribution in [-0.2, 0) is 4.74 Å². The van der Waals surface area contributed by atoms with Crippen molar-refractivity contribution in [2.75, 3.05) is 27.7 Å². The largest absolute Gasteiger partial charge is 0.497 e. The Bertz CT molecular complexity index is 955. The van der Waals surface area contributed by atoms with Crippen molar-refractivity contribution in [3.05, 3.63) is 70.8 Å². The van der Waals surface area contributed by atoms with E-state index in [1.165, 1.54) is 11.1 Å². The van der Waals surface area contributed by atoms with E-state index in [-0.39, 0.29) is 5.97 Å². The zero-order valence-corrected chi connectivity index (χ0v) is 20.4. The molecule has 2 atom stereocenters. The van der Waals surface area contributed by atoms with Gasteiger partial charge < -0.3 is 14.4 Å². The summed E-state index contributed by atoms with van der Waals surface area (Å²) in [7, 11) is 6.02. The first-order chi connectivity index (χ1) is 15.1. The van der Waals surface area contributed by atoms with Crippen LogP contribution < -0.4 is 4.74 Å². The van der Waals surface area contributed by atoms with Crippen molar-refractivity contribution in [2.24, 2.45) is 5.92 Å². The lowest BCUT2D eigenvalue weighted by Crippen LogP contribution is -2.29. The van der Waals surface area contributed by atoms with Crippen LogP contribution in [0.1, 0.15) is 67.4 Å². The van der Waals surface area contributed by atoms with Gasteiger partial charge in [-0.1, -0.05) is 35.9 Å². The summed E-state index contributed by atoms with van der Waals surface area (Å²) in [6.45, 7) is 6.74. The lowest BCUT2D eigenvalue weighted by atomic mass is 9.73. The number of esters is 1. The number of hydrogen-bond donors (Lipinski definition) is 0. The highest BCUT2D eigenvalue weighted by Gasteiger charge is 2.29. The Kier molecular flexibility index (Phi) is 7.78. The van der Waals surface area contributed by atoms with Crippen molar-refractivity contribution in [1.82, 2.24) is 4.90 Å². The van der Waals surface area contributed by atoms with Crippen LogP contribution in [-0.4, -0.2) is 44.2 Å². The Morgan fingerprint density at radius 3 is 2.56 bits per heavy atom. The van der Waals surface area contributed by atoms with E-state index in [1.807, 2.05) is 45.0 Å². The fourth-order valence-corrected chi connectivity index (χ4v) is 4.53. The third-order valence-corrected chi connectivity index (χ3v) is 5.90. The maximum Gasteiger partial charge on any atom is 0.338 e. The van der Waals surface area contributed by atoms with Gasteiger partial charge in [-0.25, -0.2) is 4.79 Å². The van der Waals surface area contributed by atoms with Gasteiger partial charge in [-0.15, -0.1) is 0 Å². The summed E-state index contributed by atoms with van der Waals surface area (Å²) < 4.78 is 11.0. The molecule has 0 radical (unpaired) electrons. The van der Waals surface area contributed by atoms with E-state index in [2.05, 4.69) is 49.3 Å². The zero-order chi connectivity index (χ0) is 23.3. The van der Waals surface area contributed by atoms with Crippen LogP contribution in [0.25, 0.3) is 6.08 Å². The fourth-order valence-electron chi connectivity index (χ4n) is 4.53. The second-order valence-electron chi connectivity index (χ2n) is 10.1. The maximum atomic E-state index is 12.5. The number of benzene rings is 2. The van der Waals surface area contributed by atoms with Gasteiger partial charge in [-0.05, 0) is 101 Å². The van der Waals surface area contributed by atoms with Crippen LogP contribution in [0, 0.1) is 5.92 Å². The molecule has 1 fully saturated rings. The van der Waals surface area contributed by atoms with Gasteiger partial charge in [-0.3, -0.25) is 0 Å². The molecule has 0 aliphatic heterocycles. The Balaban J connectivity index is 1.84. The number of ether oxygens (including phenoxy) is 2. The summed E-state index contributed by atoms with van der Waals surface area (Å²) in [6, 6.07) is 16.3. The van der Waals surface area contributed by atoms with E-state index in [0.29, 0.717) is 17.4 Å². The van der Waals surface area contributed by atoms with E-state index in [4.69, 9.17) is 9.47 Å². The van der Waals surface area contributed by atoms with Gasteiger partial charge in [0.15, 0.2) is 0 Å². The van der Waals surface area contributed by atoms with Crippen molar-refractivity contribution in [3.8, 4) is 5.75 Å². The van der Waals surface area contributed by atoms with Gasteiger partial charge in [0.1, 0.15) is 11.4 Å². The molecule has 3 rings (SSSR count). The minimum atomic E-state index is -0.500. The summed E-state index contributed by atoms with van der Waals surface area (Å²) >= 11 is 0. The first kappa shape index (κ1) is 24.1. The molecule has 0 spiro atoms. The molecular weight excluding hydrogens is 398 g/mol. The van der Waals surface area contributed by atoms with Crippen LogP contribution in [0.4, 0.5) is 0 Å².